The fraction of sp³-hybridized carbons (Fsp3) is 0.436. The van der Waals surface area contributed by atoms with Crippen LogP contribution in [0.25, 0.3) is 0 Å². The number of allylic oxidation sites excluding steroid dienone is 1. The summed E-state index contributed by atoms with van der Waals surface area (Å²) in [6.07, 6.45) is 2.08. The number of rotatable bonds is 15. The molecule has 1 saturated heterocycles. The first-order chi connectivity index (χ1) is 24.1. The summed E-state index contributed by atoms with van der Waals surface area (Å²) in [5.41, 5.74) is 1.87. The lowest BCUT2D eigenvalue weighted by atomic mass is 9.60. The van der Waals surface area contributed by atoms with Gasteiger partial charge < -0.3 is 29.5 Å². The summed E-state index contributed by atoms with van der Waals surface area (Å²) in [7, 11) is 1.23. The van der Waals surface area contributed by atoms with E-state index in [0.29, 0.717) is 24.5 Å². The molecule has 1 fully saturated rings. The first-order valence-corrected chi connectivity index (χ1v) is 17.2. The predicted molar refractivity (Wildman–Crippen MR) is 189 cm³/mol. The van der Waals surface area contributed by atoms with Crippen molar-refractivity contribution >= 4 is 17.6 Å². The van der Waals surface area contributed by atoms with Crippen molar-refractivity contribution in [2.24, 2.45) is 5.41 Å². The highest BCUT2D eigenvalue weighted by Crippen LogP contribution is 2.51. The molecule has 5 rings (SSSR count). The quantitative estimate of drug-likeness (QED) is 0.0887. The number of nitrogens with zero attached hydrogens (tertiary/aromatic N) is 2. The molecule has 2 heterocycles. The van der Waals surface area contributed by atoms with Gasteiger partial charge in [-0.3, -0.25) is 14.9 Å². The van der Waals surface area contributed by atoms with E-state index >= 15 is 0 Å². The number of carbonyl (C=O) groups excluding carboxylic acids is 1. The number of carbonyl (C=O) groups is 2. The van der Waals surface area contributed by atoms with Gasteiger partial charge in [0, 0.05) is 48.4 Å². The molecule has 3 atom stereocenters. The monoisotopic (exact) mass is 685 g/mol. The van der Waals surface area contributed by atoms with Gasteiger partial charge in [0.05, 0.1) is 37.4 Å². The number of aliphatic carboxylic acids is 1. The van der Waals surface area contributed by atoms with Crippen LogP contribution in [-0.4, -0.2) is 86.1 Å². The second-order valence-electron chi connectivity index (χ2n) is 13.2. The third-order valence-corrected chi connectivity index (χ3v) is 10.6. The van der Waals surface area contributed by atoms with Crippen LogP contribution >= 0.6 is 0 Å². The molecule has 0 radical (unpaired) electrons. The molecule has 50 heavy (non-hydrogen) atoms. The molecular formula is C39H47N3O8. The maximum Gasteiger partial charge on any atom is 0.336 e. The third-order valence-electron chi connectivity index (χ3n) is 10.6. The number of nitro benzene ring substituents is 1. The van der Waals surface area contributed by atoms with E-state index < -0.39 is 34.2 Å². The molecule has 3 aromatic carbocycles. The van der Waals surface area contributed by atoms with Crippen LogP contribution in [-0.2, 0) is 29.2 Å². The summed E-state index contributed by atoms with van der Waals surface area (Å²) in [5, 5.41) is 25.5. The Hall–Kier alpha value is -4.58. The molecule has 0 bridgehead atoms. The Morgan fingerprint density at radius 3 is 2.08 bits per heavy atom. The first kappa shape index (κ1) is 36.7. The van der Waals surface area contributed by atoms with Gasteiger partial charge in [-0.15, -0.1) is 0 Å². The molecule has 0 spiro atoms. The second-order valence-corrected chi connectivity index (χ2v) is 13.2. The molecule has 0 aliphatic carbocycles. The summed E-state index contributed by atoms with van der Waals surface area (Å²) < 4.78 is 16.9. The number of benzene rings is 3. The van der Waals surface area contributed by atoms with E-state index in [0.717, 1.165) is 32.5 Å². The van der Waals surface area contributed by atoms with Crippen molar-refractivity contribution in [3.05, 3.63) is 123 Å². The van der Waals surface area contributed by atoms with Crippen LogP contribution in [0.4, 0.5) is 5.69 Å². The van der Waals surface area contributed by atoms with Crippen molar-refractivity contribution in [3.8, 4) is 0 Å². The number of esters is 1. The lowest BCUT2D eigenvalue weighted by Crippen LogP contribution is -2.57. The zero-order valence-corrected chi connectivity index (χ0v) is 29.0. The molecule has 0 saturated carbocycles. The Kier molecular flexibility index (Phi) is 12.0. The van der Waals surface area contributed by atoms with E-state index in [1.54, 1.807) is 19.9 Å². The van der Waals surface area contributed by atoms with Gasteiger partial charge in [-0.25, -0.2) is 4.79 Å². The van der Waals surface area contributed by atoms with E-state index in [1.807, 2.05) is 0 Å². The molecule has 0 aromatic heterocycles. The Morgan fingerprint density at radius 1 is 0.920 bits per heavy atom. The molecular weight excluding hydrogens is 638 g/mol. The zero-order chi connectivity index (χ0) is 35.7. The normalized spacial score (nSPS) is 22.1. The number of carboxylic acids is 1. The van der Waals surface area contributed by atoms with Gasteiger partial charge in [0.1, 0.15) is 5.41 Å². The van der Waals surface area contributed by atoms with Crippen LogP contribution in [0.15, 0.2) is 96.2 Å². The summed E-state index contributed by atoms with van der Waals surface area (Å²) in [6.45, 7) is 7.38. The number of nitro groups is 1. The van der Waals surface area contributed by atoms with Crippen LogP contribution in [0.1, 0.15) is 55.7 Å². The molecule has 2 aliphatic rings. The number of carboxylic acid groups (broad SMARTS) is 1. The third kappa shape index (κ3) is 7.60. The van der Waals surface area contributed by atoms with E-state index in [2.05, 4.69) is 70.9 Å². The number of hydrogen-bond acceptors (Lipinski definition) is 9. The predicted octanol–water partition coefficient (Wildman–Crippen LogP) is 5.69. The van der Waals surface area contributed by atoms with E-state index in [-0.39, 0.29) is 36.3 Å². The zero-order valence-electron chi connectivity index (χ0n) is 29.0. The average Bonchev–Trinajstić information content (AvgIpc) is 3.13. The van der Waals surface area contributed by atoms with Gasteiger partial charge in [0.25, 0.3) is 5.69 Å². The van der Waals surface area contributed by atoms with Crippen molar-refractivity contribution in [1.29, 1.82) is 0 Å². The van der Waals surface area contributed by atoms with Crippen LogP contribution in [0.2, 0.25) is 0 Å². The minimum absolute atomic E-state index is 0.00722. The number of piperidine rings is 1. The molecule has 0 amide bonds. The van der Waals surface area contributed by atoms with Gasteiger partial charge in [-0.2, -0.15) is 0 Å². The highest BCUT2D eigenvalue weighted by molar-refractivity contribution is 5.94. The van der Waals surface area contributed by atoms with Gasteiger partial charge in [-0.1, -0.05) is 72.8 Å². The maximum atomic E-state index is 13.2. The Balaban J connectivity index is 1.16. The molecule has 11 nitrogen and oxygen atoms in total. The topological polar surface area (TPSA) is 140 Å². The number of ether oxygens (including phenoxy) is 3. The van der Waals surface area contributed by atoms with E-state index in [4.69, 9.17) is 14.2 Å². The number of hydrogen-bond donors (Lipinski definition) is 2. The van der Waals surface area contributed by atoms with Crippen LogP contribution < -0.4 is 5.32 Å². The number of methoxy groups -OCH3 is 1. The smallest absolute Gasteiger partial charge is 0.336 e. The Morgan fingerprint density at radius 2 is 1.52 bits per heavy atom. The fourth-order valence-corrected chi connectivity index (χ4v) is 7.87. The number of likely N-dealkylation sites (tertiary alicyclic amines) is 1. The van der Waals surface area contributed by atoms with Crippen molar-refractivity contribution in [1.82, 2.24) is 10.2 Å². The van der Waals surface area contributed by atoms with Crippen molar-refractivity contribution in [2.75, 3.05) is 53.2 Å². The van der Waals surface area contributed by atoms with Gasteiger partial charge in [0.15, 0.2) is 0 Å². The van der Waals surface area contributed by atoms with Crippen LogP contribution in [0, 0.1) is 15.5 Å². The molecule has 266 valence electrons. The highest BCUT2D eigenvalue weighted by Gasteiger charge is 2.56. The largest absolute Gasteiger partial charge is 0.481 e. The van der Waals surface area contributed by atoms with Crippen molar-refractivity contribution < 1.29 is 33.8 Å². The van der Waals surface area contributed by atoms with E-state index in [9.17, 15) is 24.8 Å². The lowest BCUT2D eigenvalue weighted by Gasteiger charge is -2.47. The first-order valence-electron chi connectivity index (χ1n) is 17.2. The molecule has 2 N–H and O–H groups in total. The second kappa shape index (κ2) is 16.4. The van der Waals surface area contributed by atoms with Crippen LogP contribution in [0.3, 0.4) is 0 Å². The van der Waals surface area contributed by atoms with Gasteiger partial charge in [0.2, 0.25) is 0 Å². The summed E-state index contributed by atoms with van der Waals surface area (Å²) in [4.78, 5) is 39.7. The number of nitrogens with one attached hydrogen (secondary N) is 1. The highest BCUT2D eigenvalue weighted by atomic mass is 16.6. The minimum atomic E-state index is -1.57. The SMILES string of the molecule is COC(=O)C1=C(C)NC(C)C(CCOCCOCCN2CCC(c3ccccc3)(c3ccccc3)CC2)(C(=O)O)C1c1cccc([N+](=O)[O-])c1. The summed E-state index contributed by atoms with van der Waals surface area (Å²) in [5.74, 6) is -2.86. The average molecular weight is 686 g/mol. The van der Waals surface area contributed by atoms with E-state index in [1.165, 1.54) is 36.4 Å². The summed E-state index contributed by atoms with van der Waals surface area (Å²) in [6, 6.07) is 26.7. The Bertz CT molecular complexity index is 1610. The maximum absolute atomic E-state index is 13.2. The molecule has 11 heteroatoms. The lowest BCUT2D eigenvalue weighted by molar-refractivity contribution is -0.384. The molecule has 3 aromatic rings. The summed E-state index contributed by atoms with van der Waals surface area (Å²) >= 11 is 0. The fourth-order valence-electron chi connectivity index (χ4n) is 7.87. The standard InChI is InChI=1S/C39H47N3O8/c1-28-34(36(43)48-3)35(30-11-10-16-33(27-30)42(46)47)39(37(44)45,29(2)40-28)19-23-49-25-26-50-24-22-41-20-17-38(18-21-41,31-12-6-4-7-13-31)32-14-8-5-9-15-32/h4-16,27,29,35,40H,17-26H2,1-3H3,(H,44,45). The van der Waals surface area contributed by atoms with Gasteiger partial charge >= 0.3 is 11.9 Å². The minimum Gasteiger partial charge on any atom is -0.481 e. The number of non-ortho nitro benzene ring substituents is 1. The van der Waals surface area contributed by atoms with Crippen LogP contribution in [0.5, 0.6) is 0 Å². The Labute approximate surface area is 293 Å². The van der Waals surface area contributed by atoms with Gasteiger partial charge in [-0.05, 0) is 62.9 Å². The van der Waals surface area contributed by atoms with Crippen molar-refractivity contribution in [3.63, 3.8) is 0 Å². The molecule has 2 aliphatic heterocycles. The molecule has 3 unspecified atom stereocenters. The van der Waals surface area contributed by atoms with Crippen molar-refractivity contribution in [2.45, 2.75) is 50.5 Å².